The van der Waals surface area contributed by atoms with Crippen LogP contribution in [0.3, 0.4) is 0 Å². The Morgan fingerprint density at radius 3 is 2.53 bits per heavy atom. The van der Waals surface area contributed by atoms with E-state index in [1.54, 1.807) is 13.8 Å². The minimum absolute atomic E-state index is 0.0886. The number of carboxylic acid groups (broad SMARTS) is 1. The van der Waals surface area contributed by atoms with Gasteiger partial charge in [0.05, 0.1) is 17.4 Å². The Labute approximate surface area is 117 Å². The van der Waals surface area contributed by atoms with Crippen molar-refractivity contribution in [3.05, 3.63) is 15.6 Å². The van der Waals surface area contributed by atoms with E-state index < -0.39 is 21.1 Å². The number of rotatable bonds is 7. The minimum atomic E-state index is -3.20. The van der Waals surface area contributed by atoms with Crippen molar-refractivity contribution < 1.29 is 18.3 Å². The minimum Gasteiger partial charge on any atom is -0.481 e. The first-order chi connectivity index (χ1) is 8.76. The number of nitrogens with zero attached hydrogens (tertiary/aromatic N) is 1. The predicted octanol–water partition coefficient (Wildman–Crippen LogP) is 2.05. The van der Waals surface area contributed by atoms with Gasteiger partial charge in [0.15, 0.2) is 9.84 Å². The van der Waals surface area contributed by atoms with Gasteiger partial charge in [-0.05, 0) is 20.3 Å². The summed E-state index contributed by atoms with van der Waals surface area (Å²) in [7, 11) is -3.20. The summed E-state index contributed by atoms with van der Waals surface area (Å²) in [5, 5.41) is 8.89. The molecule has 1 aromatic heterocycles. The van der Waals surface area contributed by atoms with E-state index in [1.807, 2.05) is 6.92 Å². The molecule has 0 bridgehead atoms. The highest BCUT2D eigenvalue weighted by molar-refractivity contribution is 7.91. The van der Waals surface area contributed by atoms with E-state index in [1.165, 1.54) is 11.3 Å². The third-order valence-corrected chi connectivity index (χ3v) is 6.06. The average Bonchev–Trinajstić information content (AvgIpc) is 2.59. The first kappa shape index (κ1) is 16.1. The maximum Gasteiger partial charge on any atom is 0.308 e. The van der Waals surface area contributed by atoms with E-state index in [0.717, 1.165) is 12.1 Å². The number of thiazole rings is 1. The summed E-state index contributed by atoms with van der Waals surface area (Å²) >= 11 is 1.20. The molecule has 0 aliphatic heterocycles. The Morgan fingerprint density at radius 1 is 1.42 bits per heavy atom. The van der Waals surface area contributed by atoms with Crippen LogP contribution in [0, 0.1) is 0 Å². The van der Waals surface area contributed by atoms with Gasteiger partial charge in [0, 0.05) is 4.88 Å². The standard InChI is InChI=1S/C12H19NO4S2/c1-4-5-9-10(6-12(14)15)18-11(13-9)7-19(16,17)8(2)3/h8H,4-7H2,1-3H3,(H,14,15). The van der Waals surface area contributed by atoms with Gasteiger partial charge in [0.25, 0.3) is 0 Å². The highest BCUT2D eigenvalue weighted by atomic mass is 32.2. The number of aliphatic carboxylic acids is 1. The van der Waals surface area contributed by atoms with Crippen molar-refractivity contribution in [3.8, 4) is 0 Å². The van der Waals surface area contributed by atoms with Crippen molar-refractivity contribution in [2.24, 2.45) is 0 Å². The third-order valence-electron chi connectivity index (χ3n) is 2.66. The van der Waals surface area contributed by atoms with Crippen LogP contribution in [0.1, 0.15) is 42.8 Å². The normalized spacial score (nSPS) is 12.0. The van der Waals surface area contributed by atoms with Gasteiger partial charge in [0.1, 0.15) is 10.8 Å². The van der Waals surface area contributed by atoms with Gasteiger partial charge in [0.2, 0.25) is 0 Å². The van der Waals surface area contributed by atoms with Gasteiger partial charge >= 0.3 is 5.97 Å². The predicted molar refractivity (Wildman–Crippen MR) is 75.2 cm³/mol. The second-order valence-corrected chi connectivity index (χ2v) is 8.38. The zero-order chi connectivity index (χ0) is 14.6. The van der Waals surface area contributed by atoms with E-state index >= 15 is 0 Å². The molecule has 1 N–H and O–H groups in total. The van der Waals surface area contributed by atoms with Crippen LogP contribution in [0.4, 0.5) is 0 Å². The molecule has 7 heteroatoms. The Hall–Kier alpha value is -0.950. The molecule has 108 valence electrons. The van der Waals surface area contributed by atoms with Crippen molar-refractivity contribution in [2.75, 3.05) is 0 Å². The number of aryl methyl sites for hydroxylation is 1. The molecule has 1 rings (SSSR count). The molecule has 0 aliphatic rings. The summed E-state index contributed by atoms with van der Waals surface area (Å²) in [6.07, 6.45) is 1.45. The van der Waals surface area contributed by atoms with Crippen LogP contribution in [0.5, 0.6) is 0 Å². The van der Waals surface area contributed by atoms with Crippen LogP contribution >= 0.6 is 11.3 Å². The summed E-state index contributed by atoms with van der Waals surface area (Å²) in [4.78, 5) is 15.8. The smallest absolute Gasteiger partial charge is 0.308 e. The molecule has 1 heterocycles. The quantitative estimate of drug-likeness (QED) is 0.833. The summed E-state index contributed by atoms with van der Waals surface area (Å²) in [6.45, 7) is 5.25. The molecule has 1 aromatic rings. The molecule has 0 atom stereocenters. The van der Waals surface area contributed by atoms with Crippen molar-refractivity contribution in [1.82, 2.24) is 4.98 Å². The lowest BCUT2D eigenvalue weighted by Crippen LogP contribution is -2.15. The van der Waals surface area contributed by atoms with Crippen molar-refractivity contribution in [2.45, 2.75) is 51.0 Å². The monoisotopic (exact) mass is 305 g/mol. The number of carbonyl (C=O) groups is 1. The van der Waals surface area contributed by atoms with E-state index in [9.17, 15) is 13.2 Å². The molecule has 5 nitrogen and oxygen atoms in total. The molecule has 0 aromatic carbocycles. The molecule has 19 heavy (non-hydrogen) atoms. The Kier molecular flexibility index (Phi) is 5.49. The molecule has 0 fully saturated rings. The maximum absolute atomic E-state index is 11.9. The molecule has 0 saturated heterocycles. The highest BCUT2D eigenvalue weighted by Crippen LogP contribution is 2.23. The number of hydrogen-bond acceptors (Lipinski definition) is 5. The third kappa shape index (κ3) is 4.58. The van der Waals surface area contributed by atoms with Crippen LogP contribution < -0.4 is 0 Å². The Bertz CT molecular complexity index is 546. The molecule has 0 spiro atoms. The second kappa shape index (κ2) is 6.47. The van der Waals surface area contributed by atoms with Gasteiger partial charge in [-0.3, -0.25) is 4.79 Å². The zero-order valence-electron chi connectivity index (χ0n) is 11.3. The fraction of sp³-hybridized carbons (Fsp3) is 0.667. The largest absolute Gasteiger partial charge is 0.481 e. The van der Waals surface area contributed by atoms with Gasteiger partial charge in [-0.1, -0.05) is 13.3 Å². The lowest BCUT2D eigenvalue weighted by Gasteiger charge is -2.04. The van der Waals surface area contributed by atoms with Crippen LogP contribution in [0.15, 0.2) is 0 Å². The molecule has 0 saturated carbocycles. The average molecular weight is 305 g/mol. The summed E-state index contributed by atoms with van der Waals surface area (Å²) in [5.74, 6) is -1.02. The molecule has 0 amide bonds. The van der Waals surface area contributed by atoms with Gasteiger partial charge in [-0.15, -0.1) is 11.3 Å². The first-order valence-electron chi connectivity index (χ1n) is 6.17. The van der Waals surface area contributed by atoms with Crippen molar-refractivity contribution >= 4 is 27.1 Å². The number of hydrogen-bond donors (Lipinski definition) is 1. The van der Waals surface area contributed by atoms with Crippen molar-refractivity contribution in [3.63, 3.8) is 0 Å². The highest BCUT2D eigenvalue weighted by Gasteiger charge is 2.21. The summed E-state index contributed by atoms with van der Waals surface area (Å²) in [5.41, 5.74) is 0.726. The van der Waals surface area contributed by atoms with Crippen LogP contribution in [-0.2, 0) is 33.2 Å². The molecular weight excluding hydrogens is 286 g/mol. The summed E-state index contributed by atoms with van der Waals surface area (Å²) in [6, 6.07) is 0. The van der Waals surface area contributed by atoms with Gasteiger partial charge < -0.3 is 5.11 Å². The van der Waals surface area contributed by atoms with Crippen LogP contribution in [0.2, 0.25) is 0 Å². The number of sulfone groups is 1. The number of carboxylic acids is 1. The van der Waals surface area contributed by atoms with E-state index in [4.69, 9.17) is 5.11 Å². The van der Waals surface area contributed by atoms with E-state index in [-0.39, 0.29) is 12.2 Å². The molecule has 0 aliphatic carbocycles. The lowest BCUT2D eigenvalue weighted by atomic mass is 10.2. The first-order valence-corrected chi connectivity index (χ1v) is 8.70. The SMILES string of the molecule is CCCc1nc(CS(=O)(=O)C(C)C)sc1CC(=O)O. The van der Waals surface area contributed by atoms with Crippen molar-refractivity contribution in [1.29, 1.82) is 0 Å². The molecular formula is C12H19NO4S2. The maximum atomic E-state index is 11.9. The van der Waals surface area contributed by atoms with Crippen LogP contribution in [-0.4, -0.2) is 29.7 Å². The molecule has 0 unspecified atom stereocenters. The Morgan fingerprint density at radius 2 is 2.05 bits per heavy atom. The number of aromatic nitrogens is 1. The van der Waals surface area contributed by atoms with E-state index in [2.05, 4.69) is 4.98 Å². The zero-order valence-corrected chi connectivity index (χ0v) is 13.0. The fourth-order valence-corrected chi connectivity index (χ4v) is 3.92. The molecule has 0 radical (unpaired) electrons. The van der Waals surface area contributed by atoms with Gasteiger partial charge in [-0.25, -0.2) is 13.4 Å². The second-order valence-electron chi connectivity index (χ2n) is 4.65. The fourth-order valence-electron chi connectivity index (χ4n) is 1.54. The lowest BCUT2D eigenvalue weighted by molar-refractivity contribution is -0.136. The topological polar surface area (TPSA) is 84.3 Å². The van der Waals surface area contributed by atoms with Crippen LogP contribution in [0.25, 0.3) is 0 Å². The van der Waals surface area contributed by atoms with E-state index in [0.29, 0.717) is 16.3 Å². The van der Waals surface area contributed by atoms with Gasteiger partial charge in [-0.2, -0.15) is 0 Å². The Balaban J connectivity index is 3.01. The summed E-state index contributed by atoms with van der Waals surface area (Å²) < 4.78 is 23.7.